The second-order valence-electron chi connectivity index (χ2n) is 7.59. The lowest BCUT2D eigenvalue weighted by Crippen LogP contribution is -2.41. The summed E-state index contributed by atoms with van der Waals surface area (Å²) in [7, 11) is 0.202. The second-order valence-corrected chi connectivity index (χ2v) is 9.45. The fourth-order valence-corrected chi connectivity index (χ4v) is 4.84. The number of benzene rings is 3. The van der Waals surface area contributed by atoms with Gasteiger partial charge in [0, 0.05) is 6.54 Å². The maximum absolute atomic E-state index is 14.6. The van der Waals surface area contributed by atoms with Crippen molar-refractivity contribution >= 4 is 21.6 Å². The number of para-hydroxylation sites is 1. The van der Waals surface area contributed by atoms with Crippen LogP contribution in [0.15, 0.2) is 65.6 Å². The Bertz CT molecular complexity index is 1270. The van der Waals surface area contributed by atoms with Gasteiger partial charge in [0.2, 0.25) is 11.7 Å². The Kier molecular flexibility index (Phi) is 8.18. The van der Waals surface area contributed by atoms with Gasteiger partial charge in [0.05, 0.1) is 31.9 Å². The van der Waals surface area contributed by atoms with Crippen LogP contribution in [0.25, 0.3) is 0 Å². The number of rotatable bonds is 10. The van der Waals surface area contributed by atoms with Crippen LogP contribution in [-0.2, 0) is 21.4 Å². The molecule has 3 rings (SSSR count). The molecule has 0 bridgehead atoms. The minimum Gasteiger partial charge on any atom is -0.493 e. The number of hydrogen-bond donors (Lipinski definition) is 1. The van der Waals surface area contributed by atoms with E-state index in [1.807, 2.05) is 6.92 Å². The molecule has 1 amide bonds. The predicted octanol–water partition coefficient (Wildman–Crippen LogP) is 3.67. The molecule has 0 aliphatic carbocycles. The number of carbonyl (C=O) groups excluding carboxylic acids is 1. The van der Waals surface area contributed by atoms with Crippen LogP contribution in [-0.4, -0.2) is 42.2 Å². The van der Waals surface area contributed by atoms with Crippen LogP contribution >= 0.6 is 0 Å². The van der Waals surface area contributed by atoms with Crippen molar-refractivity contribution in [3.63, 3.8) is 0 Å². The summed E-state index contributed by atoms with van der Waals surface area (Å²) in [4.78, 5) is 12.8. The van der Waals surface area contributed by atoms with Gasteiger partial charge in [-0.05, 0) is 48.9 Å². The van der Waals surface area contributed by atoms with Gasteiger partial charge in [-0.15, -0.1) is 0 Å². The van der Waals surface area contributed by atoms with E-state index in [1.54, 1.807) is 24.3 Å². The quantitative estimate of drug-likeness (QED) is 0.455. The summed E-state index contributed by atoms with van der Waals surface area (Å²) < 4.78 is 58.1. The van der Waals surface area contributed by atoms with Gasteiger partial charge in [-0.25, -0.2) is 12.8 Å². The predicted molar refractivity (Wildman–Crippen MR) is 130 cm³/mol. The van der Waals surface area contributed by atoms with Crippen LogP contribution < -0.4 is 23.8 Å². The third-order valence-corrected chi connectivity index (χ3v) is 7.01. The zero-order valence-electron chi connectivity index (χ0n) is 19.9. The van der Waals surface area contributed by atoms with Crippen molar-refractivity contribution in [2.45, 2.75) is 18.4 Å². The van der Waals surface area contributed by atoms with Crippen LogP contribution in [0.4, 0.5) is 10.1 Å². The van der Waals surface area contributed by atoms with E-state index in [2.05, 4.69) is 5.32 Å². The first-order valence-electron chi connectivity index (χ1n) is 10.6. The molecule has 0 aromatic heterocycles. The lowest BCUT2D eigenvalue weighted by molar-refractivity contribution is -0.119. The average Bonchev–Trinajstić information content (AvgIpc) is 2.86. The molecule has 0 unspecified atom stereocenters. The highest BCUT2D eigenvalue weighted by atomic mass is 32.2. The summed E-state index contributed by atoms with van der Waals surface area (Å²) in [5.74, 6) is -0.171. The molecule has 10 heteroatoms. The first-order chi connectivity index (χ1) is 16.7. The van der Waals surface area contributed by atoms with Crippen LogP contribution in [0.2, 0.25) is 0 Å². The van der Waals surface area contributed by atoms with Gasteiger partial charge >= 0.3 is 0 Å². The summed E-state index contributed by atoms with van der Waals surface area (Å²) in [6.45, 7) is 1.24. The molecule has 0 saturated heterocycles. The number of anilines is 1. The van der Waals surface area contributed by atoms with Crippen molar-refractivity contribution in [3.8, 4) is 17.2 Å². The van der Waals surface area contributed by atoms with E-state index in [9.17, 15) is 17.6 Å². The van der Waals surface area contributed by atoms with Gasteiger partial charge in [0.25, 0.3) is 10.0 Å². The molecular formula is C25H27FN2O6S. The number of nitrogens with one attached hydrogen (secondary N) is 1. The number of sulfonamides is 1. The molecule has 0 spiro atoms. The van der Waals surface area contributed by atoms with Gasteiger partial charge in [-0.2, -0.15) is 0 Å². The number of aryl methyl sites for hydroxylation is 1. The molecule has 35 heavy (non-hydrogen) atoms. The first kappa shape index (κ1) is 25.8. The average molecular weight is 503 g/mol. The summed E-state index contributed by atoms with van der Waals surface area (Å²) >= 11 is 0. The van der Waals surface area contributed by atoms with Gasteiger partial charge in [-0.1, -0.05) is 29.8 Å². The van der Waals surface area contributed by atoms with Gasteiger partial charge in [-0.3, -0.25) is 9.10 Å². The number of carbonyl (C=O) groups is 1. The molecule has 0 saturated carbocycles. The Hall–Kier alpha value is -3.79. The molecule has 0 aliphatic rings. The number of halogens is 1. The summed E-state index contributed by atoms with van der Waals surface area (Å²) in [5.41, 5.74) is 1.27. The van der Waals surface area contributed by atoms with Crippen LogP contribution in [0.3, 0.4) is 0 Å². The van der Waals surface area contributed by atoms with E-state index >= 15 is 0 Å². The van der Waals surface area contributed by atoms with Crippen molar-refractivity contribution < 1.29 is 31.8 Å². The van der Waals surface area contributed by atoms with Crippen LogP contribution in [0, 0.1) is 12.7 Å². The molecule has 8 nitrogen and oxygen atoms in total. The van der Waals surface area contributed by atoms with Crippen LogP contribution in [0.1, 0.15) is 11.1 Å². The fraction of sp³-hybridized carbons (Fsp3) is 0.240. The standard InChI is InChI=1S/C25H27FN2O6S/c1-17-9-11-19(12-10-17)35(30,31)28(21-8-6-5-7-20(21)26)16-24(29)27-15-18-13-22(32-2)25(34-4)23(14-18)33-3/h5-14H,15-16H2,1-4H3,(H,27,29). The van der Waals surface area contributed by atoms with E-state index in [1.165, 1.54) is 51.7 Å². The number of amides is 1. The molecule has 0 fully saturated rings. The molecule has 0 heterocycles. The molecular weight excluding hydrogens is 475 g/mol. The zero-order valence-corrected chi connectivity index (χ0v) is 20.7. The van der Waals surface area contributed by atoms with Gasteiger partial charge in [0.15, 0.2) is 11.5 Å². The third kappa shape index (κ3) is 5.83. The van der Waals surface area contributed by atoms with E-state index in [0.717, 1.165) is 15.9 Å². The maximum atomic E-state index is 14.6. The highest BCUT2D eigenvalue weighted by Gasteiger charge is 2.29. The van der Waals surface area contributed by atoms with E-state index < -0.39 is 28.3 Å². The number of hydrogen-bond acceptors (Lipinski definition) is 6. The molecule has 3 aromatic carbocycles. The summed E-state index contributed by atoms with van der Waals surface area (Å²) in [5, 5.41) is 2.67. The third-order valence-electron chi connectivity index (χ3n) is 5.23. The Morgan fingerprint density at radius 2 is 1.54 bits per heavy atom. The SMILES string of the molecule is COc1cc(CNC(=O)CN(c2ccccc2F)S(=O)(=O)c2ccc(C)cc2)cc(OC)c1OC. The number of ether oxygens (including phenoxy) is 3. The highest BCUT2D eigenvalue weighted by molar-refractivity contribution is 7.92. The topological polar surface area (TPSA) is 94.2 Å². The summed E-state index contributed by atoms with van der Waals surface area (Å²) in [6.07, 6.45) is 0. The van der Waals surface area contributed by atoms with Gasteiger partial charge in [0.1, 0.15) is 12.4 Å². The Morgan fingerprint density at radius 3 is 2.09 bits per heavy atom. The lowest BCUT2D eigenvalue weighted by atomic mass is 10.1. The molecule has 1 N–H and O–H groups in total. The normalized spacial score (nSPS) is 11.0. The molecule has 3 aromatic rings. The maximum Gasteiger partial charge on any atom is 0.264 e. The zero-order chi connectivity index (χ0) is 25.6. The first-order valence-corrected chi connectivity index (χ1v) is 12.0. The number of methoxy groups -OCH3 is 3. The fourth-order valence-electron chi connectivity index (χ4n) is 3.42. The summed E-state index contributed by atoms with van der Waals surface area (Å²) in [6, 6.07) is 14.9. The monoisotopic (exact) mass is 502 g/mol. The Balaban J connectivity index is 1.87. The minimum atomic E-state index is -4.23. The second kappa shape index (κ2) is 11.1. The van der Waals surface area contributed by atoms with E-state index in [4.69, 9.17) is 14.2 Å². The minimum absolute atomic E-state index is 0.0469. The Morgan fingerprint density at radius 1 is 0.943 bits per heavy atom. The van der Waals surface area contributed by atoms with Crippen molar-refractivity contribution in [3.05, 3.63) is 77.6 Å². The Labute approximate surface area is 204 Å². The van der Waals surface area contributed by atoms with E-state index in [0.29, 0.717) is 22.8 Å². The smallest absolute Gasteiger partial charge is 0.264 e. The highest BCUT2D eigenvalue weighted by Crippen LogP contribution is 2.38. The molecule has 0 aliphatic heterocycles. The van der Waals surface area contributed by atoms with Crippen LogP contribution in [0.5, 0.6) is 17.2 Å². The van der Waals surface area contributed by atoms with Crippen molar-refractivity contribution in [1.82, 2.24) is 5.32 Å². The van der Waals surface area contributed by atoms with Crippen molar-refractivity contribution in [2.75, 3.05) is 32.2 Å². The van der Waals surface area contributed by atoms with Crippen molar-refractivity contribution in [1.29, 1.82) is 0 Å². The molecule has 0 atom stereocenters. The lowest BCUT2D eigenvalue weighted by Gasteiger charge is -2.24. The molecule has 0 radical (unpaired) electrons. The molecule has 186 valence electrons. The van der Waals surface area contributed by atoms with E-state index in [-0.39, 0.29) is 17.1 Å². The largest absolute Gasteiger partial charge is 0.493 e. The number of nitrogens with zero attached hydrogens (tertiary/aromatic N) is 1. The van der Waals surface area contributed by atoms with Gasteiger partial charge < -0.3 is 19.5 Å². The van der Waals surface area contributed by atoms with Crippen molar-refractivity contribution in [2.24, 2.45) is 0 Å².